The van der Waals surface area contributed by atoms with Crippen LogP contribution in [-0.4, -0.2) is 28.0 Å². The molecule has 0 aliphatic carbocycles. The molecule has 4 heteroatoms. The Labute approximate surface area is 77.0 Å². The van der Waals surface area contributed by atoms with E-state index in [1.54, 1.807) is 0 Å². The lowest BCUT2D eigenvalue weighted by Crippen LogP contribution is -2.45. The van der Waals surface area contributed by atoms with E-state index in [0.717, 1.165) is 5.25 Å². The second-order valence-electron chi connectivity index (χ2n) is 2.87. The van der Waals surface area contributed by atoms with Gasteiger partial charge in [-0.15, -0.1) is 0 Å². The lowest BCUT2D eigenvalue weighted by atomic mass is 10.2. The second-order valence-corrected chi connectivity index (χ2v) is 5.64. The number of hydrazine groups is 1. The minimum absolute atomic E-state index is 0.433. The van der Waals surface area contributed by atoms with Gasteiger partial charge in [0.15, 0.2) is 0 Å². The summed E-state index contributed by atoms with van der Waals surface area (Å²) >= 11 is 4.09. The average molecular weight is 192 g/mol. The smallest absolute Gasteiger partial charge is 0.0328 e. The summed E-state index contributed by atoms with van der Waals surface area (Å²) in [7, 11) is 0. The Hall–Kier alpha value is 0.620. The van der Waals surface area contributed by atoms with Crippen LogP contribution in [0.4, 0.5) is 0 Å². The summed E-state index contributed by atoms with van der Waals surface area (Å²) in [6.45, 7) is 4.44. The van der Waals surface area contributed by atoms with Gasteiger partial charge in [-0.3, -0.25) is 11.3 Å². The van der Waals surface area contributed by atoms with E-state index in [-0.39, 0.29) is 0 Å². The number of hydrogen-bond acceptors (Lipinski definition) is 4. The largest absolute Gasteiger partial charge is 0.271 e. The van der Waals surface area contributed by atoms with Crippen LogP contribution in [0.1, 0.15) is 13.8 Å². The molecule has 0 bridgehead atoms. The fraction of sp³-hybridized carbons (Fsp3) is 1.00. The van der Waals surface area contributed by atoms with Gasteiger partial charge in [-0.05, 0) is 6.92 Å². The molecule has 1 aliphatic heterocycles. The van der Waals surface area contributed by atoms with Crippen LogP contribution in [-0.2, 0) is 0 Å². The first-order valence-electron chi connectivity index (χ1n) is 3.95. The van der Waals surface area contributed by atoms with Gasteiger partial charge in [0, 0.05) is 28.0 Å². The van der Waals surface area contributed by atoms with Crippen molar-refractivity contribution in [2.24, 2.45) is 5.84 Å². The van der Waals surface area contributed by atoms with E-state index in [1.807, 2.05) is 11.8 Å². The van der Waals surface area contributed by atoms with Gasteiger partial charge >= 0.3 is 0 Å². The number of nitrogens with two attached hydrogens (primary N) is 1. The molecule has 1 saturated heterocycles. The average Bonchev–Trinajstić information content (AvgIpc) is 2.04. The molecule has 11 heavy (non-hydrogen) atoms. The predicted octanol–water partition coefficient (Wildman–Crippen LogP) is 1.08. The minimum Gasteiger partial charge on any atom is -0.271 e. The van der Waals surface area contributed by atoms with Crippen molar-refractivity contribution in [3.63, 3.8) is 0 Å². The monoisotopic (exact) mass is 192 g/mol. The fourth-order valence-corrected chi connectivity index (χ4v) is 4.24. The third-order valence-corrected chi connectivity index (χ3v) is 5.32. The maximum atomic E-state index is 5.39. The summed E-state index contributed by atoms with van der Waals surface area (Å²) < 4.78 is 0. The van der Waals surface area contributed by atoms with E-state index in [0.29, 0.717) is 11.3 Å². The Morgan fingerprint density at radius 3 is 2.64 bits per heavy atom. The van der Waals surface area contributed by atoms with Crippen LogP contribution in [0, 0.1) is 0 Å². The lowest BCUT2D eigenvalue weighted by Gasteiger charge is -2.31. The van der Waals surface area contributed by atoms with E-state index in [2.05, 4.69) is 31.0 Å². The first-order valence-corrected chi connectivity index (χ1v) is 6.04. The van der Waals surface area contributed by atoms with Crippen LogP contribution in [0.5, 0.6) is 0 Å². The van der Waals surface area contributed by atoms with Crippen LogP contribution < -0.4 is 11.3 Å². The second kappa shape index (κ2) is 4.60. The van der Waals surface area contributed by atoms with Gasteiger partial charge < -0.3 is 0 Å². The zero-order valence-electron chi connectivity index (χ0n) is 7.04. The fourth-order valence-electron chi connectivity index (χ4n) is 1.29. The number of hydrogen-bond donors (Lipinski definition) is 2. The van der Waals surface area contributed by atoms with E-state index in [4.69, 9.17) is 5.84 Å². The molecular weight excluding hydrogens is 176 g/mol. The highest BCUT2D eigenvalue weighted by Gasteiger charge is 2.26. The molecule has 1 fully saturated rings. The summed E-state index contributed by atoms with van der Waals surface area (Å²) in [4.78, 5) is 0. The van der Waals surface area contributed by atoms with E-state index >= 15 is 0 Å². The van der Waals surface area contributed by atoms with Gasteiger partial charge in [0.2, 0.25) is 0 Å². The molecule has 0 aromatic carbocycles. The van der Waals surface area contributed by atoms with E-state index in [1.165, 1.54) is 11.5 Å². The molecule has 3 N–H and O–H groups in total. The van der Waals surface area contributed by atoms with E-state index in [9.17, 15) is 0 Å². The first kappa shape index (κ1) is 9.71. The molecule has 0 spiro atoms. The van der Waals surface area contributed by atoms with Gasteiger partial charge in [0.1, 0.15) is 0 Å². The van der Waals surface area contributed by atoms with Crippen LogP contribution >= 0.6 is 23.5 Å². The molecule has 2 nitrogen and oxygen atoms in total. The summed E-state index contributed by atoms with van der Waals surface area (Å²) in [5.74, 6) is 7.95. The summed E-state index contributed by atoms with van der Waals surface area (Å²) in [5.41, 5.74) is 2.83. The van der Waals surface area contributed by atoms with Crippen molar-refractivity contribution in [1.82, 2.24) is 5.43 Å². The molecule has 1 heterocycles. The highest BCUT2D eigenvalue weighted by molar-refractivity contribution is 8.07. The Kier molecular flexibility index (Phi) is 4.06. The molecule has 0 aromatic rings. The number of thioether (sulfide) groups is 2. The molecule has 0 aromatic heterocycles. The van der Waals surface area contributed by atoms with Gasteiger partial charge in [0.25, 0.3) is 0 Å². The van der Waals surface area contributed by atoms with Crippen molar-refractivity contribution in [1.29, 1.82) is 0 Å². The molecule has 0 amide bonds. The Morgan fingerprint density at radius 1 is 1.45 bits per heavy atom. The van der Waals surface area contributed by atoms with Crippen LogP contribution in [0.25, 0.3) is 0 Å². The van der Waals surface area contributed by atoms with Crippen molar-refractivity contribution >= 4 is 23.5 Å². The highest BCUT2D eigenvalue weighted by Crippen LogP contribution is 2.32. The third kappa shape index (κ3) is 2.54. The zero-order chi connectivity index (χ0) is 8.27. The quantitative estimate of drug-likeness (QED) is 0.507. The summed E-state index contributed by atoms with van der Waals surface area (Å²) in [5, 5.41) is 1.42. The van der Waals surface area contributed by atoms with Gasteiger partial charge in [-0.2, -0.15) is 23.5 Å². The molecular formula is C7H16N2S2. The molecule has 1 rings (SSSR count). The van der Waals surface area contributed by atoms with E-state index < -0.39 is 0 Å². The van der Waals surface area contributed by atoms with Crippen LogP contribution in [0.3, 0.4) is 0 Å². The summed E-state index contributed by atoms with van der Waals surface area (Å²) in [6.07, 6.45) is 0. The maximum absolute atomic E-state index is 5.39. The predicted molar refractivity (Wildman–Crippen MR) is 55.0 cm³/mol. The number of rotatable bonds is 2. The standard InChI is InChI=1S/C7H16N2S2/c1-5(9-8)7-6(2)10-3-4-11-7/h5-7,9H,3-4,8H2,1-2H3. The van der Waals surface area contributed by atoms with Gasteiger partial charge in [0.05, 0.1) is 0 Å². The van der Waals surface area contributed by atoms with Crippen molar-refractivity contribution < 1.29 is 0 Å². The van der Waals surface area contributed by atoms with Crippen molar-refractivity contribution in [2.45, 2.75) is 30.4 Å². The van der Waals surface area contributed by atoms with Crippen LogP contribution in [0.2, 0.25) is 0 Å². The number of nitrogens with one attached hydrogen (secondary N) is 1. The van der Waals surface area contributed by atoms with Crippen molar-refractivity contribution in [3.8, 4) is 0 Å². The molecule has 3 atom stereocenters. The molecule has 66 valence electrons. The normalized spacial score (nSPS) is 35.2. The Morgan fingerprint density at radius 2 is 2.09 bits per heavy atom. The Bertz CT molecular complexity index is 117. The SMILES string of the molecule is CC(NN)C1SCCSC1C. The molecule has 3 unspecified atom stereocenters. The first-order chi connectivity index (χ1) is 5.25. The Balaban J connectivity index is 2.40. The zero-order valence-corrected chi connectivity index (χ0v) is 8.67. The third-order valence-electron chi connectivity index (χ3n) is 1.99. The lowest BCUT2D eigenvalue weighted by molar-refractivity contribution is 0.542. The van der Waals surface area contributed by atoms with Gasteiger partial charge in [-0.25, -0.2) is 0 Å². The van der Waals surface area contributed by atoms with Crippen molar-refractivity contribution in [3.05, 3.63) is 0 Å². The molecule has 0 saturated carbocycles. The summed E-state index contributed by atoms with van der Waals surface area (Å²) in [6, 6.07) is 0.433. The van der Waals surface area contributed by atoms with Gasteiger partial charge in [-0.1, -0.05) is 6.92 Å². The highest BCUT2D eigenvalue weighted by atomic mass is 32.2. The topological polar surface area (TPSA) is 38.0 Å². The maximum Gasteiger partial charge on any atom is 0.0328 e. The van der Waals surface area contributed by atoms with Crippen LogP contribution in [0.15, 0.2) is 0 Å². The molecule has 1 aliphatic rings. The van der Waals surface area contributed by atoms with Crippen molar-refractivity contribution in [2.75, 3.05) is 11.5 Å². The molecule has 0 radical (unpaired) electrons. The minimum atomic E-state index is 0.433.